The molecule has 6 nitrogen and oxygen atoms in total. The fraction of sp³-hybridized carbons (Fsp3) is 0.389. The fourth-order valence-corrected chi connectivity index (χ4v) is 3.96. The second kappa shape index (κ2) is 7.98. The van der Waals surface area contributed by atoms with Crippen molar-refractivity contribution in [3.63, 3.8) is 0 Å². The Labute approximate surface area is 169 Å². The summed E-state index contributed by atoms with van der Waals surface area (Å²) in [5.41, 5.74) is 1.27. The van der Waals surface area contributed by atoms with Crippen LogP contribution in [0, 0.1) is 5.82 Å². The number of aromatic amines is 1. The number of hydrogen-bond donors (Lipinski definition) is 2. The Balaban J connectivity index is 1.95. The molecule has 144 valence electrons. The van der Waals surface area contributed by atoms with Crippen molar-refractivity contribution < 1.29 is 9.18 Å². The molecule has 2 unspecified atom stereocenters. The maximum atomic E-state index is 14.2. The maximum absolute atomic E-state index is 14.2. The first-order chi connectivity index (χ1) is 12.8. The molecule has 0 fully saturated rings. The van der Waals surface area contributed by atoms with Gasteiger partial charge in [-0.15, -0.1) is 0 Å². The molecule has 27 heavy (non-hydrogen) atoms. The second-order valence-electron chi connectivity index (χ2n) is 6.42. The van der Waals surface area contributed by atoms with Crippen LogP contribution in [-0.2, 0) is 6.42 Å². The Bertz CT molecular complexity index is 936. The number of carbonyl (C=O) groups excluding carboxylic acids is 1. The number of benzene rings is 1. The van der Waals surface area contributed by atoms with E-state index in [2.05, 4.69) is 31.4 Å². The minimum Gasteiger partial charge on any atom is -0.313 e. The van der Waals surface area contributed by atoms with Crippen molar-refractivity contribution >= 4 is 39.2 Å². The molecule has 2 atom stereocenters. The van der Waals surface area contributed by atoms with Crippen LogP contribution in [0.4, 0.5) is 14.9 Å². The number of carbonyl (C=O) groups is 1. The lowest BCUT2D eigenvalue weighted by molar-refractivity contribution is 0.135. The third kappa shape index (κ3) is 3.87. The van der Waals surface area contributed by atoms with Gasteiger partial charge in [-0.2, -0.15) is 5.10 Å². The van der Waals surface area contributed by atoms with Crippen molar-refractivity contribution in [3.8, 4) is 0 Å². The molecule has 2 aromatic rings. The zero-order chi connectivity index (χ0) is 19.7. The molecule has 1 aromatic carbocycles. The van der Waals surface area contributed by atoms with E-state index in [-0.39, 0.29) is 23.3 Å². The van der Waals surface area contributed by atoms with E-state index in [1.54, 1.807) is 4.90 Å². The summed E-state index contributed by atoms with van der Waals surface area (Å²) in [7, 11) is 0. The quantitative estimate of drug-likeness (QED) is 0.659. The van der Waals surface area contributed by atoms with Crippen LogP contribution in [0.2, 0.25) is 5.02 Å². The van der Waals surface area contributed by atoms with E-state index in [0.717, 1.165) is 5.56 Å². The van der Waals surface area contributed by atoms with Gasteiger partial charge in [0.2, 0.25) is 0 Å². The minimum absolute atomic E-state index is 0.0122. The standard InChI is InChI=1S/C18H19BrClFN4O2/c1-3-10-5-9-6-16(26)23-24-17(9)15(4-2)25(10)18(27)22-14-8-12(20)11(19)7-13(14)21/h6-8,10,15H,3-5H2,1-2H3,(H,22,27)(H,23,26). The van der Waals surface area contributed by atoms with Crippen molar-refractivity contribution in [1.82, 2.24) is 15.1 Å². The van der Waals surface area contributed by atoms with E-state index in [4.69, 9.17) is 11.6 Å². The van der Waals surface area contributed by atoms with Gasteiger partial charge in [-0.1, -0.05) is 25.4 Å². The number of hydrogen-bond acceptors (Lipinski definition) is 3. The van der Waals surface area contributed by atoms with Crippen LogP contribution in [-0.4, -0.2) is 27.2 Å². The summed E-state index contributed by atoms with van der Waals surface area (Å²) in [6.07, 6.45) is 1.83. The summed E-state index contributed by atoms with van der Waals surface area (Å²) in [6.45, 7) is 3.91. The number of amides is 2. The number of urea groups is 1. The topological polar surface area (TPSA) is 78.1 Å². The molecular formula is C18H19BrClFN4O2. The number of halogens is 3. The zero-order valence-corrected chi connectivity index (χ0v) is 17.2. The average molecular weight is 458 g/mol. The highest BCUT2D eigenvalue weighted by Crippen LogP contribution is 2.35. The highest BCUT2D eigenvalue weighted by molar-refractivity contribution is 9.10. The highest BCUT2D eigenvalue weighted by Gasteiger charge is 2.37. The van der Waals surface area contributed by atoms with Gasteiger partial charge < -0.3 is 10.2 Å². The van der Waals surface area contributed by atoms with Gasteiger partial charge in [0.15, 0.2) is 0 Å². The lowest BCUT2D eigenvalue weighted by Gasteiger charge is -2.41. The van der Waals surface area contributed by atoms with Gasteiger partial charge in [-0.25, -0.2) is 14.3 Å². The Kier molecular flexibility index (Phi) is 5.86. The lowest BCUT2D eigenvalue weighted by Crippen LogP contribution is -2.49. The molecule has 1 aliphatic rings. The normalized spacial score (nSPS) is 18.9. The van der Waals surface area contributed by atoms with E-state index < -0.39 is 11.8 Å². The van der Waals surface area contributed by atoms with Gasteiger partial charge in [0.1, 0.15) is 5.82 Å². The van der Waals surface area contributed by atoms with Crippen LogP contribution < -0.4 is 10.9 Å². The third-order valence-electron chi connectivity index (χ3n) is 4.77. The van der Waals surface area contributed by atoms with Crippen LogP contribution in [0.5, 0.6) is 0 Å². The molecule has 2 amide bonds. The monoisotopic (exact) mass is 456 g/mol. The number of nitrogens with zero attached hydrogens (tertiary/aromatic N) is 2. The van der Waals surface area contributed by atoms with E-state index in [9.17, 15) is 14.0 Å². The first-order valence-corrected chi connectivity index (χ1v) is 9.85. The smallest absolute Gasteiger partial charge is 0.313 e. The minimum atomic E-state index is -0.583. The molecule has 2 N–H and O–H groups in total. The third-order valence-corrected chi connectivity index (χ3v) is 5.96. The molecule has 0 radical (unpaired) electrons. The van der Waals surface area contributed by atoms with Crippen LogP contribution in [0.1, 0.15) is 44.0 Å². The molecule has 0 spiro atoms. The molecule has 0 saturated heterocycles. The summed E-state index contributed by atoms with van der Waals surface area (Å²) < 4.78 is 14.6. The van der Waals surface area contributed by atoms with Gasteiger partial charge in [0.05, 0.1) is 22.4 Å². The van der Waals surface area contributed by atoms with Crippen LogP contribution in [0.25, 0.3) is 0 Å². The van der Waals surface area contributed by atoms with Crippen molar-refractivity contribution in [3.05, 3.63) is 55.1 Å². The Morgan fingerprint density at radius 1 is 1.41 bits per heavy atom. The Morgan fingerprint density at radius 2 is 2.15 bits per heavy atom. The molecule has 9 heteroatoms. The van der Waals surface area contributed by atoms with Crippen molar-refractivity contribution in [2.24, 2.45) is 0 Å². The van der Waals surface area contributed by atoms with Gasteiger partial charge >= 0.3 is 6.03 Å². The first-order valence-electron chi connectivity index (χ1n) is 8.68. The average Bonchev–Trinajstić information content (AvgIpc) is 2.64. The zero-order valence-electron chi connectivity index (χ0n) is 14.9. The van der Waals surface area contributed by atoms with Crippen LogP contribution >= 0.6 is 27.5 Å². The SMILES string of the molecule is CCC1Cc2cc(=O)[nH]nc2C(CC)N1C(=O)Nc1cc(Cl)c(Br)cc1F. The van der Waals surface area contributed by atoms with Crippen molar-refractivity contribution in [1.29, 1.82) is 0 Å². The maximum Gasteiger partial charge on any atom is 0.322 e. The van der Waals surface area contributed by atoms with Crippen molar-refractivity contribution in [2.75, 3.05) is 5.32 Å². The molecular weight excluding hydrogens is 439 g/mol. The second-order valence-corrected chi connectivity index (χ2v) is 7.68. The molecule has 2 heterocycles. The number of nitrogens with one attached hydrogen (secondary N) is 2. The van der Waals surface area contributed by atoms with Gasteiger partial charge in [-0.3, -0.25) is 4.79 Å². The number of H-pyrrole nitrogens is 1. The molecule has 0 saturated carbocycles. The predicted molar refractivity (Wildman–Crippen MR) is 106 cm³/mol. The fourth-order valence-electron chi connectivity index (χ4n) is 3.48. The van der Waals surface area contributed by atoms with E-state index in [0.29, 0.717) is 34.5 Å². The van der Waals surface area contributed by atoms with E-state index in [1.165, 1.54) is 18.2 Å². The Hall–Kier alpha value is -1.93. The number of rotatable bonds is 3. The first kappa shape index (κ1) is 19.8. The summed E-state index contributed by atoms with van der Waals surface area (Å²) in [6, 6.07) is 3.25. The van der Waals surface area contributed by atoms with Crippen LogP contribution in [0.15, 0.2) is 27.5 Å². The summed E-state index contributed by atoms with van der Waals surface area (Å²) in [5, 5.41) is 9.53. The van der Waals surface area contributed by atoms with Gasteiger partial charge in [0, 0.05) is 16.6 Å². The molecule has 1 aliphatic heterocycles. The summed E-state index contributed by atoms with van der Waals surface area (Å²) >= 11 is 9.18. The Morgan fingerprint density at radius 3 is 2.81 bits per heavy atom. The molecule has 0 bridgehead atoms. The number of fused-ring (bicyclic) bond motifs is 1. The van der Waals surface area contributed by atoms with Gasteiger partial charge in [-0.05, 0) is 52.9 Å². The number of aromatic nitrogens is 2. The van der Waals surface area contributed by atoms with Gasteiger partial charge in [0.25, 0.3) is 5.56 Å². The van der Waals surface area contributed by atoms with E-state index in [1.807, 2.05) is 13.8 Å². The predicted octanol–water partition coefficient (Wildman–Crippen LogP) is 4.64. The summed E-state index contributed by atoms with van der Waals surface area (Å²) in [5.74, 6) is -0.583. The van der Waals surface area contributed by atoms with Crippen LogP contribution in [0.3, 0.4) is 0 Å². The largest absolute Gasteiger partial charge is 0.322 e. The number of anilines is 1. The lowest BCUT2D eigenvalue weighted by atomic mass is 9.90. The molecule has 1 aromatic heterocycles. The molecule has 3 rings (SSSR count). The van der Waals surface area contributed by atoms with Crippen molar-refractivity contribution in [2.45, 2.75) is 45.2 Å². The molecule has 0 aliphatic carbocycles. The van der Waals surface area contributed by atoms with E-state index >= 15 is 0 Å². The summed E-state index contributed by atoms with van der Waals surface area (Å²) in [4.78, 5) is 26.3. The highest BCUT2D eigenvalue weighted by atomic mass is 79.9.